The van der Waals surface area contributed by atoms with Gasteiger partial charge in [0.1, 0.15) is 9.90 Å². The summed E-state index contributed by atoms with van der Waals surface area (Å²) >= 11 is 1.18. The van der Waals surface area contributed by atoms with Crippen molar-refractivity contribution in [1.29, 1.82) is 0 Å². The van der Waals surface area contributed by atoms with E-state index in [0.29, 0.717) is 32.2 Å². The van der Waals surface area contributed by atoms with Gasteiger partial charge in [-0.05, 0) is 55.0 Å². The molecule has 162 valence electrons. The van der Waals surface area contributed by atoms with Gasteiger partial charge in [-0.1, -0.05) is 11.3 Å². The third-order valence-electron chi connectivity index (χ3n) is 4.50. The largest absolute Gasteiger partial charge is 0.296 e. The lowest BCUT2D eigenvalue weighted by atomic mass is 10.2. The third kappa shape index (κ3) is 4.46. The topological polar surface area (TPSA) is 147 Å². The molecule has 0 saturated carbocycles. The molecule has 2 N–H and O–H groups in total. The van der Waals surface area contributed by atoms with Gasteiger partial charge in [0, 0.05) is 17.7 Å². The Labute approximate surface area is 186 Å². The van der Waals surface area contributed by atoms with Crippen LogP contribution in [0.3, 0.4) is 0 Å². The molecular formula is C20H15N5O5S2. The van der Waals surface area contributed by atoms with Crippen LogP contribution in [0, 0.1) is 17.0 Å². The maximum atomic E-state index is 11.8. The second kappa shape index (κ2) is 8.42. The van der Waals surface area contributed by atoms with Crippen molar-refractivity contribution in [2.45, 2.75) is 11.8 Å². The number of nitro benzene ring substituents is 1. The standard InChI is InChI=1S/C20H15N5O5S2/c1-12-2-11-17-18(19(12)32(28,29)30)31-20(21-17)13-3-5-14(6-4-13)22-24-23-15-7-9-16(10-8-15)25(26)27/h2-11H,1H3,(H,22,23)(H,28,29,30). The average molecular weight is 470 g/mol. The van der Waals surface area contributed by atoms with Crippen LogP contribution in [0.2, 0.25) is 0 Å². The first-order valence-electron chi connectivity index (χ1n) is 9.11. The molecule has 4 aromatic rings. The molecule has 0 fully saturated rings. The van der Waals surface area contributed by atoms with Crippen molar-refractivity contribution in [1.82, 2.24) is 4.98 Å². The van der Waals surface area contributed by atoms with Crippen LogP contribution in [-0.4, -0.2) is 22.9 Å². The molecule has 0 aliphatic heterocycles. The van der Waals surface area contributed by atoms with Gasteiger partial charge in [0.05, 0.1) is 26.5 Å². The molecule has 1 heterocycles. The molecule has 0 amide bonds. The second-order valence-electron chi connectivity index (χ2n) is 6.72. The highest BCUT2D eigenvalue weighted by Crippen LogP contribution is 2.36. The molecule has 1 aromatic heterocycles. The number of non-ortho nitro benzene ring substituents is 1. The normalized spacial score (nSPS) is 11.8. The monoisotopic (exact) mass is 469 g/mol. The first-order chi connectivity index (χ1) is 15.2. The number of nitro groups is 1. The lowest BCUT2D eigenvalue weighted by Gasteiger charge is -2.02. The minimum atomic E-state index is -4.37. The van der Waals surface area contributed by atoms with Crippen molar-refractivity contribution in [3.05, 3.63) is 76.3 Å². The first-order valence-corrected chi connectivity index (χ1v) is 11.4. The van der Waals surface area contributed by atoms with Crippen molar-refractivity contribution >= 4 is 48.7 Å². The van der Waals surface area contributed by atoms with Crippen LogP contribution in [0.25, 0.3) is 20.8 Å². The van der Waals surface area contributed by atoms with E-state index in [1.165, 1.54) is 35.6 Å². The van der Waals surface area contributed by atoms with E-state index >= 15 is 0 Å². The van der Waals surface area contributed by atoms with Gasteiger partial charge in [-0.15, -0.1) is 16.5 Å². The molecule has 10 nitrogen and oxygen atoms in total. The number of benzene rings is 3. The Hall–Kier alpha value is -3.74. The number of fused-ring (bicyclic) bond motifs is 1. The molecule has 0 spiro atoms. The van der Waals surface area contributed by atoms with E-state index < -0.39 is 15.0 Å². The van der Waals surface area contributed by atoms with Crippen LogP contribution in [-0.2, 0) is 10.1 Å². The first kappa shape index (κ1) is 21.5. The van der Waals surface area contributed by atoms with Gasteiger partial charge in [0.25, 0.3) is 15.8 Å². The number of hydrogen-bond acceptors (Lipinski definition) is 8. The summed E-state index contributed by atoms with van der Waals surface area (Å²) in [6, 6.07) is 16.1. The number of nitrogens with one attached hydrogen (secondary N) is 1. The summed E-state index contributed by atoms with van der Waals surface area (Å²) in [5.41, 5.74) is 5.55. The molecule has 3 aromatic carbocycles. The SMILES string of the molecule is Cc1ccc2nc(-c3ccc(NN=Nc4ccc([N+](=O)[O-])cc4)cc3)sc2c1S(=O)(=O)O. The van der Waals surface area contributed by atoms with Gasteiger partial charge in [0.15, 0.2) is 0 Å². The third-order valence-corrected chi connectivity index (χ3v) is 6.81. The maximum absolute atomic E-state index is 11.8. The van der Waals surface area contributed by atoms with Crippen LogP contribution in [0.15, 0.2) is 75.9 Å². The lowest BCUT2D eigenvalue weighted by Crippen LogP contribution is -2.00. The van der Waals surface area contributed by atoms with E-state index in [1.807, 2.05) is 0 Å². The number of anilines is 1. The summed E-state index contributed by atoms with van der Waals surface area (Å²) in [5.74, 6) is 0. The van der Waals surface area contributed by atoms with Gasteiger partial charge >= 0.3 is 0 Å². The molecule has 0 radical (unpaired) electrons. The Bertz CT molecular complexity index is 1450. The molecule has 0 atom stereocenters. The summed E-state index contributed by atoms with van der Waals surface area (Å²) in [6.45, 7) is 1.62. The van der Waals surface area contributed by atoms with E-state index in [2.05, 4.69) is 20.7 Å². The molecule has 4 rings (SSSR count). The minimum absolute atomic E-state index is 0.0267. The van der Waals surface area contributed by atoms with Crippen molar-refractivity contribution in [3.8, 4) is 10.6 Å². The van der Waals surface area contributed by atoms with E-state index in [9.17, 15) is 23.1 Å². The zero-order chi connectivity index (χ0) is 22.9. The Morgan fingerprint density at radius 2 is 1.75 bits per heavy atom. The number of aryl methyl sites for hydroxylation is 1. The molecule has 12 heteroatoms. The van der Waals surface area contributed by atoms with Crippen LogP contribution in [0.1, 0.15) is 5.56 Å². The van der Waals surface area contributed by atoms with Crippen LogP contribution >= 0.6 is 11.3 Å². The Morgan fingerprint density at radius 1 is 1.06 bits per heavy atom. The quantitative estimate of drug-likeness (QED) is 0.163. The molecule has 32 heavy (non-hydrogen) atoms. The second-order valence-corrected chi connectivity index (χ2v) is 9.07. The number of rotatable bonds is 6. The molecular weight excluding hydrogens is 454 g/mol. The number of hydrogen-bond donors (Lipinski definition) is 2. The van der Waals surface area contributed by atoms with Gasteiger partial charge in [-0.3, -0.25) is 20.1 Å². The fraction of sp³-hybridized carbons (Fsp3) is 0.0500. The summed E-state index contributed by atoms with van der Waals surface area (Å²) in [6.07, 6.45) is 0. The van der Waals surface area contributed by atoms with Crippen molar-refractivity contribution in [2.24, 2.45) is 10.3 Å². The zero-order valence-electron chi connectivity index (χ0n) is 16.5. The van der Waals surface area contributed by atoms with Gasteiger partial charge in [-0.25, -0.2) is 4.98 Å². The fourth-order valence-corrected chi connectivity index (χ4v) is 5.30. The van der Waals surface area contributed by atoms with Crippen molar-refractivity contribution in [3.63, 3.8) is 0 Å². The van der Waals surface area contributed by atoms with Gasteiger partial charge in [0.2, 0.25) is 0 Å². The summed E-state index contributed by atoms with van der Waals surface area (Å²) in [4.78, 5) is 14.5. The number of nitrogens with zero attached hydrogens (tertiary/aromatic N) is 4. The van der Waals surface area contributed by atoms with E-state index in [1.54, 1.807) is 43.3 Å². The zero-order valence-corrected chi connectivity index (χ0v) is 18.1. The maximum Gasteiger partial charge on any atom is 0.296 e. The Kier molecular flexibility index (Phi) is 5.65. The van der Waals surface area contributed by atoms with Gasteiger partial charge < -0.3 is 0 Å². The number of thiazole rings is 1. The molecule has 0 aliphatic carbocycles. The fourth-order valence-electron chi connectivity index (χ4n) is 2.98. The number of aromatic nitrogens is 1. The van der Waals surface area contributed by atoms with E-state index in [4.69, 9.17) is 0 Å². The highest BCUT2D eigenvalue weighted by molar-refractivity contribution is 7.86. The lowest BCUT2D eigenvalue weighted by molar-refractivity contribution is -0.384. The predicted octanol–water partition coefficient (Wildman–Crippen LogP) is 5.54. The highest BCUT2D eigenvalue weighted by Gasteiger charge is 2.20. The predicted molar refractivity (Wildman–Crippen MR) is 121 cm³/mol. The minimum Gasteiger partial charge on any atom is -0.282 e. The van der Waals surface area contributed by atoms with Crippen LogP contribution in [0.5, 0.6) is 0 Å². The summed E-state index contributed by atoms with van der Waals surface area (Å²) in [7, 11) is -4.37. The van der Waals surface area contributed by atoms with Crippen molar-refractivity contribution < 1.29 is 17.9 Å². The summed E-state index contributed by atoms with van der Waals surface area (Å²) < 4.78 is 33.6. The molecule has 0 bridgehead atoms. The molecule has 0 aliphatic rings. The average Bonchev–Trinajstić information content (AvgIpc) is 3.17. The van der Waals surface area contributed by atoms with Crippen molar-refractivity contribution in [2.75, 3.05) is 5.43 Å². The van der Waals surface area contributed by atoms with Crippen LogP contribution in [0.4, 0.5) is 17.1 Å². The smallest absolute Gasteiger partial charge is 0.282 e. The van der Waals surface area contributed by atoms with E-state index in [-0.39, 0.29) is 10.6 Å². The van der Waals surface area contributed by atoms with Gasteiger partial charge in [-0.2, -0.15) is 8.42 Å². The highest BCUT2D eigenvalue weighted by atomic mass is 32.2. The molecule has 0 unspecified atom stereocenters. The van der Waals surface area contributed by atoms with Crippen LogP contribution < -0.4 is 5.43 Å². The Balaban J connectivity index is 1.52. The Morgan fingerprint density at radius 3 is 2.38 bits per heavy atom. The summed E-state index contributed by atoms with van der Waals surface area (Å²) in [5, 5.41) is 19.1. The van der Waals surface area contributed by atoms with E-state index in [0.717, 1.165) is 5.56 Å². The molecule has 0 saturated heterocycles.